The van der Waals surface area contributed by atoms with Crippen molar-refractivity contribution in [2.45, 2.75) is 62.6 Å². The summed E-state index contributed by atoms with van der Waals surface area (Å²) in [5, 5.41) is 16.7. The van der Waals surface area contributed by atoms with E-state index in [0.717, 1.165) is 55.3 Å². The number of halogens is 1. The van der Waals surface area contributed by atoms with Crippen molar-refractivity contribution in [3.05, 3.63) is 57.9 Å². The molecular formula is C29H33FN4O6S3. The first-order valence-electron chi connectivity index (χ1n) is 14.5. The standard InChI is InChI=1S/C29H33FN4O6S3/c1-42(37,38)31-12-20-14-41-28-26(20)43(39,40)33-27(32-28)23-25(35)22-19-9-16-2-5-18(10-17(8-16)11-19)24(22)34(29(23)36)13-15-3-6-21(30)7-4-15/h3-4,6-7,14,16-19,22,24,31,35H,2,5,8-13H2,1H3,(H,32,33)/t16?,17?,18?,19?,22-,24+/m1/s1. The average molecular weight is 649 g/mol. The highest BCUT2D eigenvalue weighted by Gasteiger charge is 2.55. The molecule has 3 heterocycles. The first-order chi connectivity index (χ1) is 20.4. The molecule has 3 saturated carbocycles. The van der Waals surface area contributed by atoms with E-state index >= 15 is 0 Å². The van der Waals surface area contributed by atoms with Crippen molar-refractivity contribution in [3.8, 4) is 0 Å². The van der Waals surface area contributed by atoms with Gasteiger partial charge in [0.15, 0.2) is 5.84 Å². The SMILES string of the molecule is CS(=O)(=O)NCc1csc2c1S(=O)(=O)N=C(C1=C(O)[C@@H]3C4CC5CCC(CC(C5)C4)[C@@H]3N(Cc3ccc(F)cc3)C1=O)N2. The number of aliphatic hydroxyl groups excluding tert-OH is 1. The topological polar surface area (TPSA) is 145 Å². The number of amidine groups is 1. The third-order valence-corrected chi connectivity index (χ3v) is 13.0. The predicted molar refractivity (Wildman–Crippen MR) is 160 cm³/mol. The zero-order chi connectivity index (χ0) is 30.3. The number of hydrogen-bond donors (Lipinski definition) is 3. The van der Waals surface area contributed by atoms with Crippen LogP contribution < -0.4 is 10.0 Å². The minimum Gasteiger partial charge on any atom is -0.511 e. The number of sulfonamides is 2. The number of fused-ring (bicyclic) bond motifs is 7. The van der Waals surface area contributed by atoms with E-state index in [-0.39, 0.29) is 75.3 Å². The van der Waals surface area contributed by atoms with Crippen LogP contribution in [0.5, 0.6) is 0 Å². The summed E-state index contributed by atoms with van der Waals surface area (Å²) in [6.45, 7) is -0.0378. The minimum absolute atomic E-state index is 0.107. The molecule has 3 aliphatic carbocycles. The van der Waals surface area contributed by atoms with Crippen molar-refractivity contribution >= 4 is 48.1 Å². The number of hydrogen-bond acceptors (Lipinski definition) is 8. The summed E-state index contributed by atoms with van der Waals surface area (Å²) in [5.74, 6) is -0.157. The number of aliphatic hydroxyl groups is 1. The number of amides is 1. The Morgan fingerprint density at radius 1 is 1.12 bits per heavy atom. The van der Waals surface area contributed by atoms with Gasteiger partial charge in [0.1, 0.15) is 27.0 Å². The fraction of sp³-hybridized carbons (Fsp3) is 0.517. The summed E-state index contributed by atoms with van der Waals surface area (Å²) in [6.07, 6.45) is 7.10. The smallest absolute Gasteiger partial charge is 0.287 e. The van der Waals surface area contributed by atoms with E-state index in [1.165, 1.54) is 23.9 Å². The van der Waals surface area contributed by atoms with Crippen LogP contribution in [0.4, 0.5) is 9.39 Å². The molecule has 1 aromatic carbocycles. The maximum absolute atomic E-state index is 14.4. The highest BCUT2D eigenvalue weighted by Crippen LogP contribution is 2.55. The molecular weight excluding hydrogens is 616 g/mol. The first kappa shape index (κ1) is 28.9. The van der Waals surface area contributed by atoms with Crippen LogP contribution in [-0.2, 0) is 37.9 Å². The number of nitrogens with one attached hydrogen (secondary N) is 2. The minimum atomic E-state index is -4.34. The van der Waals surface area contributed by atoms with Gasteiger partial charge in [0.25, 0.3) is 15.9 Å². The van der Waals surface area contributed by atoms with Gasteiger partial charge in [0.05, 0.1) is 6.26 Å². The molecule has 43 heavy (non-hydrogen) atoms. The number of anilines is 1. The maximum Gasteiger partial charge on any atom is 0.287 e. The van der Waals surface area contributed by atoms with Crippen LogP contribution in [0.2, 0.25) is 0 Å². The Balaban J connectivity index is 1.32. The molecule has 3 fully saturated rings. The van der Waals surface area contributed by atoms with E-state index in [1.54, 1.807) is 17.0 Å². The second kappa shape index (κ2) is 10.4. The number of rotatable bonds is 6. The number of benzene rings is 1. The van der Waals surface area contributed by atoms with Gasteiger partial charge in [-0.2, -0.15) is 8.42 Å². The molecule has 6 atom stereocenters. The fourth-order valence-electron chi connectivity index (χ4n) is 8.28. The Bertz CT molecular complexity index is 1770. The first-order valence-corrected chi connectivity index (χ1v) is 18.7. The van der Waals surface area contributed by atoms with Gasteiger partial charge in [0, 0.05) is 30.6 Å². The van der Waals surface area contributed by atoms with Gasteiger partial charge in [0.2, 0.25) is 10.0 Å². The van der Waals surface area contributed by atoms with E-state index in [2.05, 4.69) is 14.4 Å². The van der Waals surface area contributed by atoms with Crippen LogP contribution >= 0.6 is 11.3 Å². The monoisotopic (exact) mass is 648 g/mol. The second-order valence-electron chi connectivity index (χ2n) is 12.7. The number of nitrogens with zero attached hydrogens (tertiary/aromatic N) is 2. The Labute approximate surface area is 254 Å². The van der Waals surface area contributed by atoms with Gasteiger partial charge in [-0.15, -0.1) is 15.7 Å². The van der Waals surface area contributed by atoms with Gasteiger partial charge in [-0.1, -0.05) is 18.6 Å². The lowest BCUT2D eigenvalue weighted by molar-refractivity contribution is -0.135. The third-order valence-electron chi connectivity index (χ3n) is 9.83. The molecule has 230 valence electrons. The lowest BCUT2D eigenvalue weighted by Gasteiger charge is -2.48. The Kier molecular flexibility index (Phi) is 6.99. The molecule has 14 heteroatoms. The highest BCUT2D eigenvalue weighted by molar-refractivity contribution is 7.91. The number of thiophene rings is 1. The molecule has 0 spiro atoms. The summed E-state index contributed by atoms with van der Waals surface area (Å²) < 4.78 is 70.3. The molecule has 10 nitrogen and oxygen atoms in total. The Hall–Kier alpha value is -2.81. The molecule has 1 amide bonds. The molecule has 7 rings (SSSR count). The Morgan fingerprint density at radius 3 is 2.58 bits per heavy atom. The second-order valence-corrected chi connectivity index (χ2v) is 16.9. The van der Waals surface area contributed by atoms with Crippen molar-refractivity contribution in [2.24, 2.45) is 34.0 Å². The van der Waals surface area contributed by atoms with Crippen molar-refractivity contribution in [2.75, 3.05) is 11.6 Å². The van der Waals surface area contributed by atoms with Crippen molar-refractivity contribution in [1.82, 2.24) is 9.62 Å². The van der Waals surface area contributed by atoms with Gasteiger partial charge in [-0.25, -0.2) is 17.5 Å². The summed E-state index contributed by atoms with van der Waals surface area (Å²) in [4.78, 5) is 16.0. The van der Waals surface area contributed by atoms with Crippen LogP contribution in [0, 0.1) is 35.4 Å². The van der Waals surface area contributed by atoms with E-state index < -0.39 is 26.0 Å². The summed E-state index contributed by atoms with van der Waals surface area (Å²) in [6, 6.07) is 5.74. The van der Waals surface area contributed by atoms with Crippen LogP contribution in [0.25, 0.3) is 0 Å². The van der Waals surface area contributed by atoms with Crippen LogP contribution in [0.3, 0.4) is 0 Å². The van der Waals surface area contributed by atoms with Crippen LogP contribution in [0.1, 0.15) is 49.7 Å². The quantitative estimate of drug-likeness (QED) is 0.427. The average Bonchev–Trinajstić information content (AvgIpc) is 3.24. The van der Waals surface area contributed by atoms with Crippen LogP contribution in [0.15, 0.2) is 50.3 Å². The normalized spacial score (nSPS) is 31.2. The van der Waals surface area contributed by atoms with Crippen molar-refractivity contribution in [3.63, 3.8) is 0 Å². The molecule has 1 aromatic heterocycles. The highest BCUT2D eigenvalue weighted by atomic mass is 32.2. The lowest BCUT2D eigenvalue weighted by Crippen LogP contribution is -2.56. The number of carbonyl (C=O) groups is 1. The van der Waals surface area contributed by atoms with Gasteiger partial charge < -0.3 is 15.3 Å². The molecule has 4 unspecified atom stereocenters. The van der Waals surface area contributed by atoms with Crippen LogP contribution in [-0.4, -0.2) is 50.9 Å². The van der Waals surface area contributed by atoms with E-state index in [0.29, 0.717) is 11.8 Å². The summed E-state index contributed by atoms with van der Waals surface area (Å²) in [7, 11) is -7.92. The third kappa shape index (κ3) is 5.19. The molecule has 4 bridgehead atoms. The van der Waals surface area contributed by atoms with Crippen molar-refractivity contribution < 1.29 is 31.1 Å². The molecule has 3 N–H and O–H groups in total. The molecule has 0 saturated heterocycles. The zero-order valence-corrected chi connectivity index (χ0v) is 25.9. The van der Waals surface area contributed by atoms with E-state index in [4.69, 9.17) is 0 Å². The molecule has 0 radical (unpaired) electrons. The zero-order valence-electron chi connectivity index (χ0n) is 23.5. The maximum atomic E-state index is 14.4. The van der Waals surface area contributed by atoms with Gasteiger partial charge in [-0.3, -0.25) is 4.79 Å². The van der Waals surface area contributed by atoms with Gasteiger partial charge in [-0.05, 0) is 78.9 Å². The summed E-state index contributed by atoms with van der Waals surface area (Å²) >= 11 is 1.06. The predicted octanol–water partition coefficient (Wildman–Crippen LogP) is 4.13. The molecule has 2 aliphatic heterocycles. The van der Waals surface area contributed by atoms with Crippen molar-refractivity contribution in [1.29, 1.82) is 0 Å². The van der Waals surface area contributed by atoms with E-state index in [1.807, 2.05) is 0 Å². The number of carbonyl (C=O) groups excluding carboxylic acids is 1. The summed E-state index contributed by atoms with van der Waals surface area (Å²) in [5.41, 5.74) is 0.825. The Morgan fingerprint density at radius 2 is 1.84 bits per heavy atom. The lowest BCUT2D eigenvalue weighted by atomic mass is 9.66. The molecule has 5 aliphatic rings. The largest absolute Gasteiger partial charge is 0.511 e. The van der Waals surface area contributed by atoms with E-state index in [9.17, 15) is 31.1 Å². The fourth-order valence-corrected chi connectivity index (χ4v) is 11.3. The van der Waals surface area contributed by atoms with Gasteiger partial charge >= 0.3 is 0 Å². The molecule has 2 aromatic rings.